The number of hydrogen-bond donors (Lipinski definition) is 1. The van der Waals surface area contributed by atoms with Gasteiger partial charge in [-0.2, -0.15) is 0 Å². The van der Waals surface area contributed by atoms with Gasteiger partial charge < -0.3 is 9.84 Å². The molecule has 1 unspecified atom stereocenters. The molecule has 0 saturated heterocycles. The molecule has 0 fully saturated rings. The zero-order valence-electron chi connectivity index (χ0n) is 26.7. The van der Waals surface area contributed by atoms with Gasteiger partial charge in [-0.25, -0.2) is 0 Å². The molecule has 0 aromatic carbocycles. The third-order valence-corrected chi connectivity index (χ3v) is 7.68. The number of esters is 1. The molecule has 40 heavy (non-hydrogen) atoms. The first-order chi connectivity index (χ1) is 19.6. The largest absolute Gasteiger partial charge is 0.481 e. The predicted molar refractivity (Wildman–Crippen MR) is 172 cm³/mol. The van der Waals surface area contributed by atoms with Crippen LogP contribution in [0.5, 0.6) is 0 Å². The molecule has 0 radical (unpaired) electrons. The standard InChI is InChI=1S/C36H66O4/c1-3-5-7-8-9-10-11-12-13-14-15-16-17-18-19-20-21-26-29-33-36(39)40-34(30-6-4-2)31-27-24-22-23-25-28-32-35(37)38/h9-10,12-13,34H,3-8,11,14-33H2,1-2H3,(H,37,38)/b10-9-,13-12-. The molecular weight excluding hydrogens is 496 g/mol. The molecule has 0 aliphatic rings. The van der Waals surface area contributed by atoms with Crippen LogP contribution in [-0.4, -0.2) is 23.1 Å². The van der Waals surface area contributed by atoms with Gasteiger partial charge in [-0.3, -0.25) is 9.59 Å². The van der Waals surface area contributed by atoms with Gasteiger partial charge in [0.2, 0.25) is 0 Å². The Kier molecular flexibility index (Phi) is 30.7. The van der Waals surface area contributed by atoms with E-state index in [2.05, 4.69) is 38.2 Å². The third-order valence-electron chi connectivity index (χ3n) is 7.68. The first-order valence-electron chi connectivity index (χ1n) is 17.3. The normalized spacial score (nSPS) is 12.4. The van der Waals surface area contributed by atoms with E-state index in [1.54, 1.807) is 0 Å². The van der Waals surface area contributed by atoms with Crippen LogP contribution in [0.3, 0.4) is 0 Å². The summed E-state index contributed by atoms with van der Waals surface area (Å²) < 4.78 is 5.85. The smallest absolute Gasteiger partial charge is 0.306 e. The number of allylic oxidation sites excluding steroid dienone is 4. The average molecular weight is 563 g/mol. The molecular formula is C36H66O4. The summed E-state index contributed by atoms with van der Waals surface area (Å²) in [6.07, 6.45) is 39.4. The average Bonchev–Trinajstić information content (AvgIpc) is 2.94. The fourth-order valence-electron chi connectivity index (χ4n) is 5.08. The second-order valence-corrected chi connectivity index (χ2v) is 11.7. The summed E-state index contributed by atoms with van der Waals surface area (Å²) >= 11 is 0. The van der Waals surface area contributed by atoms with Crippen molar-refractivity contribution in [1.29, 1.82) is 0 Å². The molecule has 0 aliphatic heterocycles. The number of carbonyl (C=O) groups excluding carboxylic acids is 1. The maximum Gasteiger partial charge on any atom is 0.306 e. The van der Waals surface area contributed by atoms with Gasteiger partial charge in [0.1, 0.15) is 6.10 Å². The number of ether oxygens (including phenoxy) is 1. The highest BCUT2D eigenvalue weighted by molar-refractivity contribution is 5.69. The zero-order chi connectivity index (χ0) is 29.4. The molecule has 0 rings (SSSR count). The van der Waals surface area contributed by atoms with Crippen LogP contribution in [0.25, 0.3) is 0 Å². The number of hydrogen-bond acceptors (Lipinski definition) is 3. The number of rotatable bonds is 31. The highest BCUT2D eigenvalue weighted by Gasteiger charge is 2.13. The van der Waals surface area contributed by atoms with Gasteiger partial charge in [0.05, 0.1) is 0 Å². The van der Waals surface area contributed by atoms with Gasteiger partial charge in [0.15, 0.2) is 0 Å². The van der Waals surface area contributed by atoms with Gasteiger partial charge in [0, 0.05) is 12.8 Å². The minimum absolute atomic E-state index is 0.00757. The monoisotopic (exact) mass is 562 g/mol. The van der Waals surface area contributed by atoms with E-state index in [0.717, 1.165) is 83.5 Å². The highest BCUT2D eigenvalue weighted by atomic mass is 16.5. The van der Waals surface area contributed by atoms with E-state index in [1.165, 1.54) is 77.0 Å². The molecule has 0 heterocycles. The Labute approximate surface area is 248 Å². The summed E-state index contributed by atoms with van der Waals surface area (Å²) in [4.78, 5) is 22.9. The molecule has 0 bridgehead atoms. The number of carboxylic acids is 1. The van der Waals surface area contributed by atoms with Crippen LogP contribution in [0, 0.1) is 0 Å². The van der Waals surface area contributed by atoms with E-state index in [1.807, 2.05) is 0 Å². The fraction of sp³-hybridized carbons (Fsp3) is 0.833. The third kappa shape index (κ3) is 31.0. The zero-order valence-corrected chi connectivity index (χ0v) is 26.7. The molecule has 0 aromatic rings. The highest BCUT2D eigenvalue weighted by Crippen LogP contribution is 2.17. The van der Waals surface area contributed by atoms with Crippen LogP contribution < -0.4 is 0 Å². The van der Waals surface area contributed by atoms with E-state index in [9.17, 15) is 9.59 Å². The van der Waals surface area contributed by atoms with Crippen molar-refractivity contribution >= 4 is 11.9 Å². The summed E-state index contributed by atoms with van der Waals surface area (Å²) in [7, 11) is 0. The lowest BCUT2D eigenvalue weighted by Gasteiger charge is -2.18. The van der Waals surface area contributed by atoms with Crippen LogP contribution in [0.1, 0.15) is 187 Å². The van der Waals surface area contributed by atoms with Crippen LogP contribution in [-0.2, 0) is 14.3 Å². The molecule has 4 heteroatoms. The van der Waals surface area contributed by atoms with Crippen LogP contribution in [0.15, 0.2) is 24.3 Å². The Balaban J connectivity index is 3.62. The summed E-state index contributed by atoms with van der Waals surface area (Å²) in [5.41, 5.74) is 0. The van der Waals surface area contributed by atoms with Crippen molar-refractivity contribution < 1.29 is 19.4 Å². The molecule has 4 nitrogen and oxygen atoms in total. The first kappa shape index (κ1) is 38.4. The van der Waals surface area contributed by atoms with Gasteiger partial charge in [0.25, 0.3) is 0 Å². The maximum absolute atomic E-state index is 12.4. The number of unbranched alkanes of at least 4 members (excludes halogenated alkanes) is 18. The quantitative estimate of drug-likeness (QED) is 0.0518. The molecule has 0 saturated carbocycles. The van der Waals surface area contributed by atoms with Crippen molar-refractivity contribution in [3.63, 3.8) is 0 Å². The maximum atomic E-state index is 12.4. The van der Waals surface area contributed by atoms with Crippen molar-refractivity contribution in [2.45, 2.75) is 193 Å². The van der Waals surface area contributed by atoms with Crippen molar-refractivity contribution in [1.82, 2.24) is 0 Å². The van der Waals surface area contributed by atoms with Gasteiger partial charge in [-0.1, -0.05) is 134 Å². The number of carbonyl (C=O) groups is 2. The Hall–Kier alpha value is -1.58. The first-order valence-corrected chi connectivity index (χ1v) is 17.3. The number of aliphatic carboxylic acids is 1. The Morgan fingerprint density at radius 1 is 0.550 bits per heavy atom. The molecule has 1 N–H and O–H groups in total. The summed E-state index contributed by atoms with van der Waals surface area (Å²) in [5.74, 6) is -0.704. The molecule has 0 aliphatic carbocycles. The SMILES string of the molecule is CCCCC/C=C\C/C=C\CCCCCCCCCCCC(=O)OC(CCCC)CCCCCCCCC(=O)O. The van der Waals surface area contributed by atoms with E-state index in [4.69, 9.17) is 9.84 Å². The van der Waals surface area contributed by atoms with Crippen molar-refractivity contribution in [3.05, 3.63) is 24.3 Å². The van der Waals surface area contributed by atoms with Crippen LogP contribution in [0.4, 0.5) is 0 Å². The van der Waals surface area contributed by atoms with Crippen molar-refractivity contribution in [2.24, 2.45) is 0 Å². The second kappa shape index (κ2) is 31.9. The van der Waals surface area contributed by atoms with Gasteiger partial charge >= 0.3 is 11.9 Å². The fourth-order valence-corrected chi connectivity index (χ4v) is 5.08. The van der Waals surface area contributed by atoms with Crippen LogP contribution >= 0.6 is 0 Å². The predicted octanol–water partition coefficient (Wildman–Crippen LogP) is 11.7. The summed E-state index contributed by atoms with van der Waals surface area (Å²) in [5, 5.41) is 8.70. The molecule has 0 aromatic heterocycles. The van der Waals surface area contributed by atoms with E-state index >= 15 is 0 Å². The van der Waals surface area contributed by atoms with Crippen molar-refractivity contribution in [3.8, 4) is 0 Å². The lowest BCUT2D eigenvalue weighted by Crippen LogP contribution is -2.18. The summed E-state index contributed by atoms with van der Waals surface area (Å²) in [6.45, 7) is 4.44. The van der Waals surface area contributed by atoms with E-state index in [0.29, 0.717) is 6.42 Å². The number of carboxylic acid groups (broad SMARTS) is 1. The molecule has 0 amide bonds. The molecule has 1 atom stereocenters. The molecule has 234 valence electrons. The second-order valence-electron chi connectivity index (χ2n) is 11.7. The Morgan fingerprint density at radius 2 is 1.00 bits per heavy atom. The van der Waals surface area contributed by atoms with E-state index in [-0.39, 0.29) is 18.5 Å². The lowest BCUT2D eigenvalue weighted by molar-refractivity contribution is -0.150. The topological polar surface area (TPSA) is 63.6 Å². The van der Waals surface area contributed by atoms with Crippen molar-refractivity contribution in [2.75, 3.05) is 0 Å². The minimum atomic E-state index is -0.697. The molecule has 0 spiro atoms. The van der Waals surface area contributed by atoms with E-state index < -0.39 is 5.97 Å². The van der Waals surface area contributed by atoms with Gasteiger partial charge in [-0.05, 0) is 64.2 Å². The lowest BCUT2D eigenvalue weighted by atomic mass is 10.0. The van der Waals surface area contributed by atoms with Gasteiger partial charge in [-0.15, -0.1) is 0 Å². The van der Waals surface area contributed by atoms with Crippen LogP contribution in [0.2, 0.25) is 0 Å². The minimum Gasteiger partial charge on any atom is -0.481 e. The Morgan fingerprint density at radius 3 is 1.55 bits per heavy atom. The Bertz CT molecular complexity index is 610. The summed E-state index contributed by atoms with van der Waals surface area (Å²) in [6, 6.07) is 0.